The lowest BCUT2D eigenvalue weighted by Gasteiger charge is -2.10. The molecule has 0 amide bonds. The first kappa shape index (κ1) is 20.5. The van der Waals surface area contributed by atoms with Crippen molar-refractivity contribution in [2.24, 2.45) is 0 Å². The number of nitrogens with zero attached hydrogens (tertiary/aromatic N) is 2. The Morgan fingerprint density at radius 2 is 1.75 bits per heavy atom. The minimum absolute atomic E-state index is 0.0259. The minimum Gasteiger partial charge on any atom is -0.232 e. The quantitative estimate of drug-likeness (QED) is 0.490. The summed E-state index contributed by atoms with van der Waals surface area (Å²) in [4.78, 5) is -0.531. The molecular weight excluding hydrogens is 464 g/mol. The van der Waals surface area contributed by atoms with Crippen molar-refractivity contribution in [2.45, 2.75) is 18.0 Å². The molecule has 0 unspecified atom stereocenters. The van der Waals surface area contributed by atoms with Crippen molar-refractivity contribution in [1.82, 2.24) is 9.78 Å². The number of benzene rings is 2. The largest absolute Gasteiger partial charge is 0.435 e. The Balaban J connectivity index is 2.24. The van der Waals surface area contributed by atoms with Crippen LogP contribution >= 0.6 is 15.9 Å². The minimum atomic E-state index is -4.70. The first-order chi connectivity index (χ1) is 12.9. The van der Waals surface area contributed by atoms with Gasteiger partial charge in [-0.3, -0.25) is 0 Å². The highest BCUT2D eigenvalue weighted by Crippen LogP contribution is 2.34. The Labute approximate surface area is 166 Å². The van der Waals surface area contributed by atoms with E-state index in [0.29, 0.717) is 10.2 Å². The molecule has 0 radical (unpaired) electrons. The highest BCUT2D eigenvalue weighted by molar-refractivity contribution is 9.10. The summed E-state index contributed by atoms with van der Waals surface area (Å²) in [6, 6.07) is 8.82. The van der Waals surface area contributed by atoms with E-state index < -0.39 is 32.4 Å². The molecule has 0 atom stereocenters. The second kappa shape index (κ2) is 7.00. The topological polar surface area (TPSA) is 52.0 Å². The fourth-order valence-electron chi connectivity index (χ4n) is 2.60. The van der Waals surface area contributed by atoms with Crippen LogP contribution in [0.4, 0.5) is 17.6 Å². The van der Waals surface area contributed by atoms with Crippen molar-refractivity contribution < 1.29 is 26.0 Å². The highest BCUT2D eigenvalue weighted by Gasteiger charge is 2.35. The molecule has 0 saturated carbocycles. The zero-order valence-corrected chi connectivity index (χ0v) is 17.0. The number of alkyl halides is 3. The number of hydrogen-bond donors (Lipinski definition) is 0. The van der Waals surface area contributed by atoms with Gasteiger partial charge >= 0.3 is 6.18 Å². The van der Waals surface area contributed by atoms with Crippen LogP contribution < -0.4 is 0 Å². The molecule has 0 spiro atoms. The van der Waals surface area contributed by atoms with Gasteiger partial charge in [-0.15, -0.1) is 0 Å². The Morgan fingerprint density at radius 1 is 1.07 bits per heavy atom. The van der Waals surface area contributed by atoms with Crippen LogP contribution in [0, 0.1) is 12.7 Å². The van der Waals surface area contributed by atoms with Crippen LogP contribution in [0.5, 0.6) is 0 Å². The van der Waals surface area contributed by atoms with Gasteiger partial charge in [0.25, 0.3) is 0 Å². The van der Waals surface area contributed by atoms with Crippen LogP contribution in [0.3, 0.4) is 0 Å². The Hall–Kier alpha value is -2.20. The number of sulfone groups is 1. The molecule has 3 rings (SSSR count). The number of halogens is 5. The third kappa shape index (κ3) is 3.97. The normalized spacial score (nSPS) is 12.4. The van der Waals surface area contributed by atoms with Crippen molar-refractivity contribution in [3.63, 3.8) is 0 Å². The van der Waals surface area contributed by atoms with Crippen molar-refractivity contribution in [3.05, 3.63) is 64.0 Å². The maximum atomic E-state index is 14.3. The predicted molar refractivity (Wildman–Crippen MR) is 99.5 cm³/mol. The van der Waals surface area contributed by atoms with Gasteiger partial charge in [-0.2, -0.15) is 18.3 Å². The molecule has 1 aromatic heterocycles. The fraction of sp³-hybridized carbons (Fsp3) is 0.167. The summed E-state index contributed by atoms with van der Waals surface area (Å²) in [6.45, 7) is 1.82. The smallest absolute Gasteiger partial charge is 0.232 e. The molecule has 0 aliphatic rings. The second-order valence-electron chi connectivity index (χ2n) is 6.18. The Kier molecular flexibility index (Phi) is 5.13. The molecule has 1 heterocycles. The summed E-state index contributed by atoms with van der Waals surface area (Å²) in [5, 5.41) is 3.63. The summed E-state index contributed by atoms with van der Waals surface area (Å²) >= 11 is 3.32. The first-order valence-corrected chi connectivity index (χ1v) is 10.5. The van der Waals surface area contributed by atoms with Crippen LogP contribution in [0.2, 0.25) is 0 Å². The van der Waals surface area contributed by atoms with Crippen LogP contribution in [-0.4, -0.2) is 24.5 Å². The van der Waals surface area contributed by atoms with E-state index in [1.165, 1.54) is 6.07 Å². The van der Waals surface area contributed by atoms with Gasteiger partial charge < -0.3 is 0 Å². The van der Waals surface area contributed by atoms with Gasteiger partial charge in [-0.1, -0.05) is 28.1 Å². The average Bonchev–Trinajstić information content (AvgIpc) is 3.01. The molecule has 148 valence electrons. The van der Waals surface area contributed by atoms with Gasteiger partial charge in [0.15, 0.2) is 15.5 Å². The molecule has 0 fully saturated rings. The van der Waals surface area contributed by atoms with Crippen LogP contribution in [0.25, 0.3) is 16.9 Å². The maximum Gasteiger partial charge on any atom is 0.435 e. The lowest BCUT2D eigenvalue weighted by molar-refractivity contribution is -0.141. The van der Waals surface area contributed by atoms with E-state index in [4.69, 9.17) is 0 Å². The zero-order valence-electron chi connectivity index (χ0n) is 14.6. The Bertz CT molecular complexity index is 1170. The molecule has 28 heavy (non-hydrogen) atoms. The molecule has 0 bridgehead atoms. The van der Waals surface area contributed by atoms with Gasteiger partial charge in [0.2, 0.25) is 0 Å². The number of aryl methyl sites for hydroxylation is 1. The van der Waals surface area contributed by atoms with Crippen molar-refractivity contribution >= 4 is 25.8 Å². The third-order valence-corrected chi connectivity index (χ3v) is 6.01. The fourth-order valence-corrected chi connectivity index (χ4v) is 3.69. The van der Waals surface area contributed by atoms with E-state index in [-0.39, 0.29) is 11.3 Å². The average molecular weight is 477 g/mol. The van der Waals surface area contributed by atoms with Gasteiger partial charge in [0.1, 0.15) is 10.7 Å². The molecule has 3 aromatic rings. The van der Waals surface area contributed by atoms with E-state index in [1.807, 2.05) is 6.92 Å². The van der Waals surface area contributed by atoms with Crippen LogP contribution in [0.1, 0.15) is 11.3 Å². The summed E-state index contributed by atoms with van der Waals surface area (Å²) < 4.78 is 78.8. The van der Waals surface area contributed by atoms with Gasteiger partial charge in [0.05, 0.1) is 11.4 Å². The van der Waals surface area contributed by atoms with E-state index in [1.54, 1.807) is 18.2 Å². The van der Waals surface area contributed by atoms with E-state index in [0.717, 1.165) is 34.7 Å². The summed E-state index contributed by atoms with van der Waals surface area (Å²) in [5.74, 6) is -1.05. The second-order valence-corrected chi connectivity index (χ2v) is 9.01. The lowest BCUT2D eigenvalue weighted by Crippen LogP contribution is -2.07. The summed E-state index contributed by atoms with van der Waals surface area (Å²) in [5.41, 5.74) is 0.0889. The molecule has 0 N–H and O–H groups in total. The highest BCUT2D eigenvalue weighted by atomic mass is 79.9. The van der Waals surface area contributed by atoms with Crippen LogP contribution in [-0.2, 0) is 16.0 Å². The van der Waals surface area contributed by atoms with Crippen molar-refractivity contribution in [3.8, 4) is 16.9 Å². The lowest BCUT2D eigenvalue weighted by atomic mass is 10.1. The molecule has 0 aliphatic carbocycles. The number of hydrogen-bond acceptors (Lipinski definition) is 3. The summed E-state index contributed by atoms with van der Waals surface area (Å²) in [7, 11) is -3.81. The zero-order chi connectivity index (χ0) is 20.9. The summed E-state index contributed by atoms with van der Waals surface area (Å²) in [6.07, 6.45) is -3.85. The van der Waals surface area contributed by atoms with Crippen molar-refractivity contribution in [1.29, 1.82) is 0 Å². The molecule has 2 aromatic carbocycles. The first-order valence-electron chi connectivity index (χ1n) is 7.81. The van der Waals surface area contributed by atoms with Gasteiger partial charge in [-0.25, -0.2) is 17.5 Å². The monoisotopic (exact) mass is 476 g/mol. The molecule has 4 nitrogen and oxygen atoms in total. The standard InChI is InChI=1S/C18H13BrF4N2O2S/c1-10-3-5-12(8-13(10)19)25-15(9-17(24-25)18(21,22)23)11-4-6-16(14(20)7-11)28(2,26)27/h3-9H,1-2H3. The number of aromatic nitrogens is 2. The molecule has 0 aliphatic heterocycles. The van der Waals surface area contributed by atoms with Gasteiger partial charge in [0, 0.05) is 16.3 Å². The Morgan fingerprint density at radius 3 is 2.29 bits per heavy atom. The number of rotatable bonds is 3. The van der Waals surface area contributed by atoms with E-state index in [9.17, 15) is 26.0 Å². The van der Waals surface area contributed by atoms with Crippen LogP contribution in [0.15, 0.2) is 51.8 Å². The third-order valence-electron chi connectivity index (χ3n) is 4.03. The molecular formula is C18H13BrF4N2O2S. The van der Waals surface area contributed by atoms with Crippen molar-refractivity contribution in [2.75, 3.05) is 6.26 Å². The predicted octanol–water partition coefficient (Wildman–Crippen LogP) is 5.17. The maximum absolute atomic E-state index is 14.3. The SMILES string of the molecule is Cc1ccc(-n2nc(C(F)(F)F)cc2-c2ccc(S(C)(=O)=O)c(F)c2)cc1Br. The van der Waals surface area contributed by atoms with E-state index in [2.05, 4.69) is 21.0 Å². The molecule has 0 saturated heterocycles. The van der Waals surface area contributed by atoms with Gasteiger partial charge in [-0.05, 0) is 42.8 Å². The van der Waals surface area contributed by atoms with E-state index >= 15 is 0 Å². The molecule has 10 heteroatoms.